The number of anilines is 1. The summed E-state index contributed by atoms with van der Waals surface area (Å²) in [5, 5.41) is 17.8. The second-order valence-electron chi connectivity index (χ2n) is 3.46. The van der Waals surface area contributed by atoms with Crippen LogP contribution < -0.4 is 5.73 Å². The van der Waals surface area contributed by atoms with Crippen LogP contribution in [0.4, 0.5) is 5.69 Å². The minimum Gasteiger partial charge on any atom is -0.399 e. The van der Waals surface area contributed by atoms with E-state index in [0.29, 0.717) is 16.0 Å². The Hall–Kier alpha value is -1.40. The molecule has 0 spiro atoms. The molecule has 1 aromatic heterocycles. The van der Waals surface area contributed by atoms with E-state index < -0.39 is 6.10 Å². The second kappa shape index (κ2) is 4.23. The Labute approximate surface area is 101 Å². The lowest BCUT2D eigenvalue weighted by Gasteiger charge is -2.11. The number of hydrogen-bond acceptors (Lipinski definition) is 4. The highest BCUT2D eigenvalue weighted by molar-refractivity contribution is 9.10. The van der Waals surface area contributed by atoms with Gasteiger partial charge in [0.05, 0.1) is 0 Å². The normalized spacial score (nSPS) is 12.7. The van der Waals surface area contributed by atoms with Gasteiger partial charge < -0.3 is 10.8 Å². The van der Waals surface area contributed by atoms with E-state index in [2.05, 4.69) is 26.2 Å². The summed E-state index contributed by atoms with van der Waals surface area (Å²) in [6.45, 7) is 0. The van der Waals surface area contributed by atoms with Gasteiger partial charge in [0.1, 0.15) is 11.8 Å². The first kappa shape index (κ1) is 11.1. The van der Waals surface area contributed by atoms with Gasteiger partial charge >= 0.3 is 0 Å². The molecule has 5 nitrogen and oxygen atoms in total. The molecule has 0 aliphatic carbocycles. The van der Waals surface area contributed by atoms with E-state index in [1.807, 2.05) is 0 Å². The standard InChI is InChI=1S/C10H11BrN4O/c1-15-8(10(11)13-14-15)9(16)6-2-4-7(12)5-3-6/h2-5,9,16H,12H2,1H3. The Morgan fingerprint density at radius 1 is 1.38 bits per heavy atom. The zero-order chi connectivity index (χ0) is 11.7. The van der Waals surface area contributed by atoms with Crippen molar-refractivity contribution in [2.24, 2.45) is 7.05 Å². The quantitative estimate of drug-likeness (QED) is 0.813. The Balaban J connectivity index is 2.39. The lowest BCUT2D eigenvalue weighted by molar-refractivity contribution is 0.209. The van der Waals surface area contributed by atoms with E-state index in [0.717, 1.165) is 5.56 Å². The molecule has 1 atom stereocenters. The number of aliphatic hydroxyl groups excluding tert-OH is 1. The van der Waals surface area contributed by atoms with Crippen LogP contribution in [0.3, 0.4) is 0 Å². The number of hydrogen-bond donors (Lipinski definition) is 2. The van der Waals surface area contributed by atoms with Gasteiger partial charge in [0.15, 0.2) is 4.60 Å². The van der Waals surface area contributed by atoms with E-state index in [9.17, 15) is 5.11 Å². The molecule has 84 valence electrons. The fraction of sp³-hybridized carbons (Fsp3) is 0.200. The second-order valence-corrected chi connectivity index (χ2v) is 4.21. The maximum absolute atomic E-state index is 10.2. The molecule has 6 heteroatoms. The van der Waals surface area contributed by atoms with Crippen molar-refractivity contribution in [1.29, 1.82) is 0 Å². The lowest BCUT2D eigenvalue weighted by Crippen LogP contribution is -2.07. The average molecular weight is 283 g/mol. The lowest BCUT2D eigenvalue weighted by atomic mass is 10.1. The third-order valence-corrected chi connectivity index (χ3v) is 2.90. The molecule has 0 radical (unpaired) electrons. The van der Waals surface area contributed by atoms with Gasteiger partial charge in [-0.2, -0.15) is 0 Å². The number of aromatic nitrogens is 3. The Morgan fingerprint density at radius 2 is 2.00 bits per heavy atom. The summed E-state index contributed by atoms with van der Waals surface area (Å²) in [5.41, 5.74) is 7.62. The van der Waals surface area contributed by atoms with Crippen LogP contribution in [0.25, 0.3) is 0 Å². The first-order valence-corrected chi connectivity index (χ1v) is 5.47. The van der Waals surface area contributed by atoms with Crippen LogP contribution >= 0.6 is 15.9 Å². The van der Waals surface area contributed by atoms with Crippen molar-refractivity contribution >= 4 is 21.6 Å². The van der Waals surface area contributed by atoms with Gasteiger partial charge in [0, 0.05) is 12.7 Å². The smallest absolute Gasteiger partial charge is 0.154 e. The molecule has 2 aromatic rings. The number of rotatable bonds is 2. The van der Waals surface area contributed by atoms with E-state index in [4.69, 9.17) is 5.73 Å². The molecule has 2 rings (SSSR count). The predicted molar refractivity (Wildman–Crippen MR) is 63.6 cm³/mol. The van der Waals surface area contributed by atoms with Crippen molar-refractivity contribution in [2.45, 2.75) is 6.10 Å². The van der Waals surface area contributed by atoms with Crippen LogP contribution in [-0.4, -0.2) is 20.1 Å². The molecular formula is C10H11BrN4O. The van der Waals surface area contributed by atoms with Crippen LogP contribution in [0.5, 0.6) is 0 Å². The summed E-state index contributed by atoms with van der Waals surface area (Å²) < 4.78 is 2.07. The molecule has 16 heavy (non-hydrogen) atoms. The molecule has 0 aliphatic rings. The highest BCUT2D eigenvalue weighted by atomic mass is 79.9. The summed E-state index contributed by atoms with van der Waals surface area (Å²) >= 11 is 3.25. The first-order chi connectivity index (χ1) is 7.59. The van der Waals surface area contributed by atoms with Gasteiger partial charge in [0.2, 0.25) is 0 Å². The summed E-state index contributed by atoms with van der Waals surface area (Å²) in [6, 6.07) is 7.05. The summed E-state index contributed by atoms with van der Waals surface area (Å²) in [4.78, 5) is 0. The fourth-order valence-electron chi connectivity index (χ4n) is 1.47. The minimum absolute atomic E-state index is 0.541. The van der Waals surface area contributed by atoms with Gasteiger partial charge in [0.25, 0.3) is 0 Å². The molecule has 1 aromatic carbocycles. The summed E-state index contributed by atoms with van der Waals surface area (Å²) in [6.07, 6.45) is -0.769. The predicted octanol–water partition coefficient (Wildman–Crippen LogP) is 1.24. The highest BCUT2D eigenvalue weighted by Crippen LogP contribution is 2.26. The molecule has 0 amide bonds. The Bertz CT molecular complexity index is 475. The molecule has 0 bridgehead atoms. The SMILES string of the molecule is Cn1nnc(Br)c1C(O)c1ccc(N)cc1. The number of nitrogens with two attached hydrogens (primary N) is 1. The molecule has 1 heterocycles. The summed E-state index contributed by atoms with van der Waals surface area (Å²) in [7, 11) is 1.73. The third-order valence-electron chi connectivity index (χ3n) is 2.34. The zero-order valence-corrected chi connectivity index (χ0v) is 10.2. The molecular weight excluding hydrogens is 272 g/mol. The highest BCUT2D eigenvalue weighted by Gasteiger charge is 2.19. The van der Waals surface area contributed by atoms with Gasteiger partial charge in [-0.25, -0.2) is 4.68 Å². The van der Waals surface area contributed by atoms with Crippen LogP contribution in [0.15, 0.2) is 28.9 Å². The van der Waals surface area contributed by atoms with Crippen LogP contribution in [-0.2, 0) is 7.05 Å². The molecule has 0 fully saturated rings. The number of aliphatic hydroxyl groups is 1. The maximum Gasteiger partial charge on any atom is 0.154 e. The van der Waals surface area contributed by atoms with Gasteiger partial charge in [-0.3, -0.25) is 0 Å². The largest absolute Gasteiger partial charge is 0.399 e. The van der Waals surface area contributed by atoms with Crippen LogP contribution in [0, 0.1) is 0 Å². The number of nitrogens with zero attached hydrogens (tertiary/aromatic N) is 3. The maximum atomic E-state index is 10.2. The average Bonchev–Trinajstić information content (AvgIpc) is 2.59. The summed E-state index contributed by atoms with van der Waals surface area (Å²) in [5.74, 6) is 0. The topological polar surface area (TPSA) is 77.0 Å². The third kappa shape index (κ3) is 1.94. The molecule has 0 saturated carbocycles. The molecule has 0 aliphatic heterocycles. The first-order valence-electron chi connectivity index (χ1n) is 4.68. The molecule has 3 N–H and O–H groups in total. The van der Waals surface area contributed by atoms with Gasteiger partial charge in [-0.1, -0.05) is 17.3 Å². The molecule has 0 saturated heterocycles. The van der Waals surface area contributed by atoms with E-state index in [1.54, 1.807) is 31.3 Å². The van der Waals surface area contributed by atoms with Crippen molar-refractivity contribution in [3.05, 3.63) is 40.1 Å². The van der Waals surface area contributed by atoms with Crippen molar-refractivity contribution in [2.75, 3.05) is 5.73 Å². The monoisotopic (exact) mass is 282 g/mol. The van der Waals surface area contributed by atoms with Crippen LogP contribution in [0.1, 0.15) is 17.4 Å². The zero-order valence-electron chi connectivity index (χ0n) is 8.63. The van der Waals surface area contributed by atoms with Crippen molar-refractivity contribution < 1.29 is 5.11 Å². The van der Waals surface area contributed by atoms with Crippen molar-refractivity contribution in [1.82, 2.24) is 15.0 Å². The fourth-order valence-corrected chi connectivity index (χ4v) is 2.01. The van der Waals surface area contributed by atoms with Gasteiger partial charge in [-0.05, 0) is 33.6 Å². The number of halogens is 1. The van der Waals surface area contributed by atoms with Crippen molar-refractivity contribution in [3.63, 3.8) is 0 Å². The van der Waals surface area contributed by atoms with Gasteiger partial charge in [-0.15, -0.1) is 5.10 Å². The number of nitrogen functional groups attached to an aromatic ring is 1. The Morgan fingerprint density at radius 3 is 2.50 bits per heavy atom. The van der Waals surface area contributed by atoms with E-state index >= 15 is 0 Å². The minimum atomic E-state index is -0.769. The van der Waals surface area contributed by atoms with Crippen LogP contribution in [0.2, 0.25) is 0 Å². The molecule has 1 unspecified atom stereocenters. The van der Waals surface area contributed by atoms with E-state index in [1.165, 1.54) is 4.68 Å². The van der Waals surface area contributed by atoms with Crippen molar-refractivity contribution in [3.8, 4) is 0 Å². The number of aryl methyl sites for hydroxylation is 1. The number of benzene rings is 1. The van der Waals surface area contributed by atoms with E-state index in [-0.39, 0.29) is 0 Å². The Kier molecular flexibility index (Phi) is 2.93.